The number of alkyl halides is 3. The van der Waals surface area contributed by atoms with Crippen LogP contribution in [-0.4, -0.2) is 16.9 Å². The summed E-state index contributed by atoms with van der Waals surface area (Å²) in [5, 5.41) is 7.56. The number of benzene rings is 2. The number of carbonyl (C=O) groups excluding carboxylic acids is 1. The highest BCUT2D eigenvalue weighted by Crippen LogP contribution is 2.34. The fourth-order valence-corrected chi connectivity index (χ4v) is 3.74. The summed E-state index contributed by atoms with van der Waals surface area (Å²) in [6.45, 7) is 3.59. The van der Waals surface area contributed by atoms with Crippen LogP contribution in [0.4, 0.5) is 28.4 Å². The van der Waals surface area contributed by atoms with Gasteiger partial charge in [0.15, 0.2) is 5.13 Å². The molecule has 31 heavy (non-hydrogen) atoms. The minimum atomic E-state index is -4.51. The first-order valence-electron chi connectivity index (χ1n) is 9.20. The van der Waals surface area contributed by atoms with Crippen molar-refractivity contribution >= 4 is 39.7 Å². The first-order chi connectivity index (χ1) is 14.5. The second kappa shape index (κ2) is 9.23. The number of rotatable bonds is 6. The molecule has 2 aromatic carbocycles. The van der Waals surface area contributed by atoms with Crippen molar-refractivity contribution in [3.05, 3.63) is 64.2 Å². The van der Waals surface area contributed by atoms with Crippen molar-refractivity contribution in [3.8, 4) is 11.3 Å². The molecule has 1 unspecified atom stereocenters. The summed E-state index contributed by atoms with van der Waals surface area (Å²) < 4.78 is 51.6. The lowest BCUT2D eigenvalue weighted by Crippen LogP contribution is -2.39. The monoisotopic (exact) mass is 471 g/mol. The van der Waals surface area contributed by atoms with E-state index in [0.29, 0.717) is 16.4 Å². The summed E-state index contributed by atoms with van der Waals surface area (Å²) in [5.74, 6) is -0.971. The minimum Gasteiger partial charge on any atom is -0.372 e. The topological polar surface area (TPSA) is 54.0 Å². The fraction of sp³-hybridized carbons (Fsp3) is 0.238. The van der Waals surface area contributed by atoms with Gasteiger partial charge in [0.2, 0.25) is 5.91 Å². The van der Waals surface area contributed by atoms with E-state index in [-0.39, 0.29) is 22.4 Å². The SMILES string of the molecule is CC(C)C(Nc1ccc(C(F)(F)F)cc1Cl)C(=O)Nc1nc(-c2ccc(F)cc2)cs1. The Morgan fingerprint density at radius 1 is 1.13 bits per heavy atom. The van der Waals surface area contributed by atoms with Crippen LogP contribution in [0.25, 0.3) is 11.3 Å². The van der Waals surface area contributed by atoms with Crippen LogP contribution >= 0.6 is 22.9 Å². The van der Waals surface area contributed by atoms with E-state index >= 15 is 0 Å². The zero-order valence-corrected chi connectivity index (χ0v) is 18.0. The molecule has 4 nitrogen and oxygen atoms in total. The second-order valence-electron chi connectivity index (χ2n) is 7.09. The Morgan fingerprint density at radius 3 is 2.39 bits per heavy atom. The van der Waals surface area contributed by atoms with Gasteiger partial charge in [0, 0.05) is 10.9 Å². The summed E-state index contributed by atoms with van der Waals surface area (Å²) in [6.07, 6.45) is -4.51. The summed E-state index contributed by atoms with van der Waals surface area (Å²) in [6, 6.07) is 7.95. The third-order valence-electron chi connectivity index (χ3n) is 4.43. The first kappa shape index (κ1) is 23.0. The number of hydrogen-bond donors (Lipinski definition) is 2. The Labute approximate surface area is 185 Å². The Bertz CT molecular complexity index is 1070. The molecule has 3 aromatic rings. The number of nitrogens with zero attached hydrogens (tertiary/aromatic N) is 1. The number of nitrogens with one attached hydrogen (secondary N) is 2. The molecule has 10 heteroatoms. The molecule has 0 aliphatic carbocycles. The van der Waals surface area contributed by atoms with Gasteiger partial charge in [-0.15, -0.1) is 11.3 Å². The van der Waals surface area contributed by atoms with Crippen LogP contribution < -0.4 is 10.6 Å². The van der Waals surface area contributed by atoms with Crippen LogP contribution in [0, 0.1) is 11.7 Å². The lowest BCUT2D eigenvalue weighted by molar-refractivity contribution is -0.137. The lowest BCUT2D eigenvalue weighted by Gasteiger charge is -2.23. The molecule has 0 radical (unpaired) electrons. The molecule has 2 N–H and O–H groups in total. The van der Waals surface area contributed by atoms with E-state index in [9.17, 15) is 22.4 Å². The second-order valence-corrected chi connectivity index (χ2v) is 8.36. The van der Waals surface area contributed by atoms with Crippen LogP contribution in [0.15, 0.2) is 47.8 Å². The molecule has 3 rings (SSSR count). The zero-order valence-electron chi connectivity index (χ0n) is 16.4. The van der Waals surface area contributed by atoms with Crippen molar-refractivity contribution in [2.45, 2.75) is 26.1 Å². The van der Waals surface area contributed by atoms with Gasteiger partial charge in [0.1, 0.15) is 11.9 Å². The molecule has 1 amide bonds. The van der Waals surface area contributed by atoms with Crippen molar-refractivity contribution in [1.82, 2.24) is 4.98 Å². The fourth-order valence-electron chi connectivity index (χ4n) is 2.78. The summed E-state index contributed by atoms with van der Waals surface area (Å²) >= 11 is 7.20. The van der Waals surface area contributed by atoms with Crippen LogP contribution in [-0.2, 0) is 11.0 Å². The number of hydrogen-bond acceptors (Lipinski definition) is 4. The van der Waals surface area contributed by atoms with Crippen molar-refractivity contribution in [1.29, 1.82) is 0 Å². The smallest absolute Gasteiger partial charge is 0.372 e. The molecule has 0 saturated heterocycles. The van der Waals surface area contributed by atoms with Gasteiger partial charge in [-0.25, -0.2) is 9.37 Å². The van der Waals surface area contributed by atoms with E-state index in [2.05, 4.69) is 15.6 Å². The number of anilines is 2. The quantitative estimate of drug-likeness (QED) is 0.393. The molecule has 0 aliphatic rings. The van der Waals surface area contributed by atoms with E-state index in [4.69, 9.17) is 11.6 Å². The number of halogens is 5. The highest BCUT2D eigenvalue weighted by molar-refractivity contribution is 7.14. The predicted octanol–water partition coefficient (Wildman–Crippen LogP) is 6.70. The number of aromatic nitrogens is 1. The summed E-state index contributed by atoms with van der Waals surface area (Å²) in [5.41, 5.74) is 0.632. The molecule has 0 bridgehead atoms. The maximum absolute atomic E-state index is 13.1. The summed E-state index contributed by atoms with van der Waals surface area (Å²) in [4.78, 5) is 17.1. The van der Waals surface area contributed by atoms with Gasteiger partial charge in [-0.05, 0) is 48.4 Å². The highest BCUT2D eigenvalue weighted by Gasteiger charge is 2.31. The van der Waals surface area contributed by atoms with Gasteiger partial charge in [-0.2, -0.15) is 13.2 Å². The number of amides is 1. The zero-order chi connectivity index (χ0) is 22.8. The first-order valence-corrected chi connectivity index (χ1v) is 10.5. The maximum Gasteiger partial charge on any atom is 0.416 e. The largest absolute Gasteiger partial charge is 0.416 e. The molecule has 0 aliphatic heterocycles. The maximum atomic E-state index is 13.1. The van der Waals surface area contributed by atoms with Crippen LogP contribution in [0.1, 0.15) is 19.4 Å². The van der Waals surface area contributed by atoms with Crippen LogP contribution in [0.5, 0.6) is 0 Å². The lowest BCUT2D eigenvalue weighted by atomic mass is 10.0. The Balaban J connectivity index is 1.74. The predicted molar refractivity (Wildman–Crippen MR) is 115 cm³/mol. The average molecular weight is 472 g/mol. The van der Waals surface area contributed by atoms with Gasteiger partial charge in [-0.3, -0.25) is 4.79 Å². The molecule has 1 aromatic heterocycles. The highest BCUT2D eigenvalue weighted by atomic mass is 35.5. The standard InChI is InChI=1S/C21H18ClF4N3OS/c1-11(2)18(27-16-8-5-13(9-15(16)22)21(24,25)26)19(30)29-20-28-17(10-31-20)12-3-6-14(23)7-4-12/h3-11,18,27H,1-2H3,(H,28,29,30). The van der Waals surface area contributed by atoms with E-state index < -0.39 is 23.7 Å². The molecule has 1 atom stereocenters. The van der Waals surface area contributed by atoms with Gasteiger partial charge in [-0.1, -0.05) is 25.4 Å². The van der Waals surface area contributed by atoms with Gasteiger partial charge in [0.25, 0.3) is 0 Å². The number of carbonyl (C=O) groups is 1. The van der Waals surface area contributed by atoms with Gasteiger partial charge >= 0.3 is 6.18 Å². The molecule has 0 fully saturated rings. The molecular weight excluding hydrogens is 454 g/mol. The van der Waals surface area contributed by atoms with E-state index in [1.54, 1.807) is 31.4 Å². The van der Waals surface area contributed by atoms with Crippen molar-refractivity contribution in [2.24, 2.45) is 5.92 Å². The molecule has 0 spiro atoms. The third kappa shape index (κ3) is 5.74. The Morgan fingerprint density at radius 2 is 1.81 bits per heavy atom. The normalized spacial score (nSPS) is 12.6. The molecular formula is C21H18ClF4N3OS. The van der Waals surface area contributed by atoms with E-state index in [0.717, 1.165) is 12.1 Å². The van der Waals surface area contributed by atoms with Crippen molar-refractivity contribution < 1.29 is 22.4 Å². The van der Waals surface area contributed by atoms with Crippen molar-refractivity contribution in [3.63, 3.8) is 0 Å². The Hall–Kier alpha value is -2.65. The van der Waals surface area contributed by atoms with Gasteiger partial charge < -0.3 is 10.6 Å². The van der Waals surface area contributed by atoms with E-state index in [1.165, 1.54) is 29.5 Å². The summed E-state index contributed by atoms with van der Waals surface area (Å²) in [7, 11) is 0. The van der Waals surface area contributed by atoms with Crippen LogP contribution in [0.2, 0.25) is 5.02 Å². The number of thiazole rings is 1. The molecule has 0 saturated carbocycles. The van der Waals surface area contributed by atoms with E-state index in [1.807, 2.05) is 0 Å². The molecule has 164 valence electrons. The third-order valence-corrected chi connectivity index (χ3v) is 5.50. The van der Waals surface area contributed by atoms with Crippen molar-refractivity contribution in [2.75, 3.05) is 10.6 Å². The molecule has 1 heterocycles. The Kier molecular flexibility index (Phi) is 6.86. The van der Waals surface area contributed by atoms with Gasteiger partial charge in [0.05, 0.1) is 22.0 Å². The van der Waals surface area contributed by atoms with Crippen LogP contribution in [0.3, 0.4) is 0 Å². The average Bonchev–Trinajstić information content (AvgIpc) is 3.14. The minimum absolute atomic E-state index is 0.138.